The van der Waals surface area contributed by atoms with Gasteiger partial charge in [0.15, 0.2) is 5.58 Å². The van der Waals surface area contributed by atoms with E-state index in [2.05, 4.69) is 0 Å². The number of oxazole rings is 1. The third-order valence-corrected chi connectivity index (χ3v) is 2.81. The highest BCUT2D eigenvalue weighted by Gasteiger charge is 2.10. The second-order valence-corrected chi connectivity index (χ2v) is 3.99. The smallest absolute Gasteiger partial charge is 0.420 e. The van der Waals surface area contributed by atoms with E-state index in [0.717, 1.165) is 5.52 Å². The number of benzene rings is 1. The molecule has 1 aromatic carbocycles. The first kappa shape index (κ1) is 10.9. The van der Waals surface area contributed by atoms with E-state index in [4.69, 9.17) is 14.6 Å². The summed E-state index contributed by atoms with van der Waals surface area (Å²) in [6.45, 7) is 0.691. The lowest BCUT2D eigenvalue weighted by atomic mass is 10.3. The van der Waals surface area contributed by atoms with Crippen molar-refractivity contribution < 1.29 is 8.83 Å². The lowest BCUT2D eigenvalue weighted by Crippen LogP contribution is -2.14. The Hall–Kier alpha value is -2.27. The van der Waals surface area contributed by atoms with Crippen LogP contribution in [0.25, 0.3) is 11.1 Å². The molecule has 2 N–H and O–H groups in total. The molecule has 2 heterocycles. The van der Waals surface area contributed by atoms with Crippen LogP contribution in [-0.2, 0) is 13.1 Å². The van der Waals surface area contributed by atoms with Crippen LogP contribution < -0.4 is 11.5 Å². The van der Waals surface area contributed by atoms with E-state index in [9.17, 15) is 4.79 Å². The Bertz CT molecular complexity index is 736. The molecule has 0 aliphatic heterocycles. The minimum atomic E-state index is -0.387. The number of hydrogen-bond donors (Lipinski definition) is 1. The van der Waals surface area contributed by atoms with Crippen LogP contribution in [0.4, 0.5) is 0 Å². The Morgan fingerprint density at radius 2 is 1.83 bits per heavy atom. The summed E-state index contributed by atoms with van der Waals surface area (Å²) in [5, 5.41) is 0. The Balaban J connectivity index is 2.04. The minimum Gasteiger partial charge on any atom is -0.463 e. The maximum Gasteiger partial charge on any atom is 0.420 e. The average molecular weight is 244 g/mol. The van der Waals surface area contributed by atoms with Crippen LogP contribution in [0.2, 0.25) is 0 Å². The maximum atomic E-state index is 11.7. The van der Waals surface area contributed by atoms with Crippen molar-refractivity contribution in [3.63, 3.8) is 0 Å². The fourth-order valence-electron chi connectivity index (χ4n) is 1.94. The molecule has 0 aliphatic rings. The van der Waals surface area contributed by atoms with Gasteiger partial charge in [-0.3, -0.25) is 4.57 Å². The molecule has 0 amide bonds. The third kappa shape index (κ3) is 1.74. The van der Waals surface area contributed by atoms with Gasteiger partial charge in [0.2, 0.25) is 0 Å². The summed E-state index contributed by atoms with van der Waals surface area (Å²) < 4.78 is 12.2. The Morgan fingerprint density at radius 1 is 1.06 bits per heavy atom. The van der Waals surface area contributed by atoms with Crippen LogP contribution in [0, 0.1) is 0 Å². The SMILES string of the molecule is NCc1ccc(Cn2c(=O)oc3ccccc32)o1. The maximum absolute atomic E-state index is 11.7. The summed E-state index contributed by atoms with van der Waals surface area (Å²) in [4.78, 5) is 11.7. The molecule has 0 aliphatic carbocycles. The molecule has 0 atom stereocenters. The highest BCUT2D eigenvalue weighted by Crippen LogP contribution is 2.15. The van der Waals surface area contributed by atoms with E-state index in [1.165, 1.54) is 4.57 Å². The standard InChI is InChI=1S/C13H12N2O3/c14-7-9-5-6-10(17-9)8-15-11-3-1-2-4-12(11)18-13(15)16/h1-6H,7-8,14H2. The fraction of sp³-hybridized carbons (Fsp3) is 0.154. The van der Waals surface area contributed by atoms with E-state index in [-0.39, 0.29) is 5.76 Å². The largest absolute Gasteiger partial charge is 0.463 e. The van der Waals surface area contributed by atoms with Crippen molar-refractivity contribution >= 4 is 11.1 Å². The molecule has 18 heavy (non-hydrogen) atoms. The van der Waals surface area contributed by atoms with Crippen LogP contribution in [-0.4, -0.2) is 4.57 Å². The number of rotatable bonds is 3. The van der Waals surface area contributed by atoms with E-state index in [1.807, 2.05) is 30.3 Å². The summed E-state index contributed by atoms with van der Waals surface area (Å²) in [6, 6.07) is 10.9. The Kier molecular flexibility index (Phi) is 2.53. The van der Waals surface area contributed by atoms with Gasteiger partial charge in [0.05, 0.1) is 18.6 Å². The molecular weight excluding hydrogens is 232 g/mol. The third-order valence-electron chi connectivity index (χ3n) is 2.81. The number of fused-ring (bicyclic) bond motifs is 1. The zero-order valence-corrected chi connectivity index (χ0v) is 9.63. The molecule has 92 valence electrons. The van der Waals surface area contributed by atoms with Crippen LogP contribution in [0.15, 0.2) is 50.0 Å². The fourth-order valence-corrected chi connectivity index (χ4v) is 1.94. The molecule has 3 rings (SSSR count). The minimum absolute atomic E-state index is 0.343. The number of para-hydroxylation sites is 2. The summed E-state index contributed by atoms with van der Waals surface area (Å²) in [6.07, 6.45) is 0. The number of nitrogens with two attached hydrogens (primary N) is 1. The van der Waals surface area contributed by atoms with Gasteiger partial charge in [0.25, 0.3) is 0 Å². The molecule has 0 bridgehead atoms. The first-order valence-corrected chi connectivity index (χ1v) is 5.64. The predicted molar refractivity (Wildman–Crippen MR) is 66.2 cm³/mol. The second-order valence-electron chi connectivity index (χ2n) is 3.99. The molecule has 0 radical (unpaired) electrons. The molecule has 0 saturated carbocycles. The highest BCUT2D eigenvalue weighted by molar-refractivity contribution is 5.72. The van der Waals surface area contributed by atoms with Gasteiger partial charge >= 0.3 is 5.76 Å². The van der Waals surface area contributed by atoms with Crippen LogP contribution >= 0.6 is 0 Å². The van der Waals surface area contributed by atoms with Crippen LogP contribution in [0.5, 0.6) is 0 Å². The van der Waals surface area contributed by atoms with Crippen molar-refractivity contribution in [2.45, 2.75) is 13.1 Å². The molecule has 0 fully saturated rings. The zero-order chi connectivity index (χ0) is 12.5. The van der Waals surface area contributed by atoms with Gasteiger partial charge in [-0.05, 0) is 24.3 Å². The Labute approximate surface area is 102 Å². The van der Waals surface area contributed by atoms with E-state index in [0.29, 0.717) is 30.2 Å². The first-order valence-electron chi connectivity index (χ1n) is 5.64. The lowest BCUT2D eigenvalue weighted by Gasteiger charge is -1.98. The average Bonchev–Trinajstić information content (AvgIpc) is 2.96. The van der Waals surface area contributed by atoms with E-state index < -0.39 is 0 Å². The molecule has 0 saturated heterocycles. The predicted octanol–water partition coefficient (Wildman–Crippen LogP) is 1.69. The quantitative estimate of drug-likeness (QED) is 0.760. The molecular formula is C13H12N2O3. The number of hydrogen-bond acceptors (Lipinski definition) is 4. The molecule has 2 aromatic heterocycles. The number of furan rings is 1. The van der Waals surface area contributed by atoms with Crippen LogP contribution in [0.3, 0.4) is 0 Å². The summed E-state index contributed by atoms with van der Waals surface area (Å²) >= 11 is 0. The van der Waals surface area contributed by atoms with Gasteiger partial charge < -0.3 is 14.6 Å². The zero-order valence-electron chi connectivity index (χ0n) is 9.63. The monoisotopic (exact) mass is 244 g/mol. The summed E-state index contributed by atoms with van der Waals surface area (Å²) in [7, 11) is 0. The summed E-state index contributed by atoms with van der Waals surface area (Å²) in [5.74, 6) is 0.997. The molecule has 3 aromatic rings. The lowest BCUT2D eigenvalue weighted by molar-refractivity contribution is 0.441. The van der Waals surface area contributed by atoms with Crippen molar-refractivity contribution in [3.8, 4) is 0 Å². The second kappa shape index (κ2) is 4.19. The number of nitrogens with zero attached hydrogens (tertiary/aromatic N) is 1. The van der Waals surface area contributed by atoms with Gasteiger partial charge in [-0.1, -0.05) is 12.1 Å². The van der Waals surface area contributed by atoms with Gasteiger partial charge in [0.1, 0.15) is 11.5 Å². The van der Waals surface area contributed by atoms with Crippen molar-refractivity contribution in [2.75, 3.05) is 0 Å². The van der Waals surface area contributed by atoms with Crippen molar-refractivity contribution in [3.05, 3.63) is 58.5 Å². The van der Waals surface area contributed by atoms with Gasteiger partial charge in [0, 0.05) is 0 Å². The van der Waals surface area contributed by atoms with Crippen molar-refractivity contribution in [2.24, 2.45) is 5.73 Å². The van der Waals surface area contributed by atoms with E-state index in [1.54, 1.807) is 6.07 Å². The number of aromatic nitrogens is 1. The van der Waals surface area contributed by atoms with Crippen LogP contribution in [0.1, 0.15) is 11.5 Å². The van der Waals surface area contributed by atoms with E-state index >= 15 is 0 Å². The molecule has 5 heteroatoms. The topological polar surface area (TPSA) is 74.3 Å². The molecule has 0 spiro atoms. The van der Waals surface area contributed by atoms with Gasteiger partial charge in [-0.15, -0.1) is 0 Å². The molecule has 0 unspecified atom stereocenters. The Morgan fingerprint density at radius 3 is 2.61 bits per heavy atom. The van der Waals surface area contributed by atoms with Crippen molar-refractivity contribution in [1.82, 2.24) is 4.57 Å². The van der Waals surface area contributed by atoms with Gasteiger partial charge in [-0.2, -0.15) is 0 Å². The normalized spacial score (nSPS) is 11.2. The van der Waals surface area contributed by atoms with Gasteiger partial charge in [-0.25, -0.2) is 4.79 Å². The molecule has 5 nitrogen and oxygen atoms in total. The van der Waals surface area contributed by atoms with Crippen molar-refractivity contribution in [1.29, 1.82) is 0 Å². The first-order chi connectivity index (χ1) is 8.78. The summed E-state index contributed by atoms with van der Waals surface area (Å²) in [5.41, 5.74) is 6.81. The highest BCUT2D eigenvalue weighted by atomic mass is 16.4.